The summed E-state index contributed by atoms with van der Waals surface area (Å²) in [7, 11) is 0. The molecule has 3 nitrogen and oxygen atoms in total. The van der Waals surface area contributed by atoms with Crippen LogP contribution in [0.15, 0.2) is 18.2 Å². The van der Waals surface area contributed by atoms with Crippen molar-refractivity contribution in [3.8, 4) is 5.75 Å². The third-order valence-corrected chi connectivity index (χ3v) is 3.67. The van der Waals surface area contributed by atoms with Crippen molar-refractivity contribution in [2.75, 3.05) is 19.0 Å². The molecule has 0 aliphatic carbocycles. The van der Waals surface area contributed by atoms with E-state index in [-0.39, 0.29) is 11.7 Å². The Morgan fingerprint density at radius 2 is 2.35 bits per heavy atom. The van der Waals surface area contributed by atoms with Crippen molar-refractivity contribution in [1.82, 2.24) is 4.90 Å². The van der Waals surface area contributed by atoms with Crippen molar-refractivity contribution in [3.05, 3.63) is 29.3 Å². The Labute approximate surface area is 106 Å². The first-order chi connectivity index (χ1) is 8.11. The number of rotatable bonds is 2. The van der Waals surface area contributed by atoms with Crippen LogP contribution in [0.2, 0.25) is 0 Å². The first-order valence-electron chi connectivity index (χ1n) is 5.76. The van der Waals surface area contributed by atoms with E-state index < -0.39 is 0 Å². The van der Waals surface area contributed by atoms with Crippen molar-refractivity contribution >= 4 is 17.5 Å². The minimum Gasteiger partial charge on any atom is -0.508 e. The Balaban J connectivity index is 2.12. The molecule has 1 fully saturated rings. The van der Waals surface area contributed by atoms with Crippen LogP contribution in [0.1, 0.15) is 22.3 Å². The predicted octanol–water partition coefficient (Wildman–Crippen LogP) is 2.40. The number of carbonyl (C=O) groups is 1. The lowest BCUT2D eigenvalue weighted by atomic mass is 10.1. The summed E-state index contributed by atoms with van der Waals surface area (Å²) in [5.74, 6) is 1.28. The summed E-state index contributed by atoms with van der Waals surface area (Å²) >= 11 is 5.80. The molecule has 0 spiro atoms. The van der Waals surface area contributed by atoms with E-state index in [4.69, 9.17) is 11.6 Å². The quantitative estimate of drug-likeness (QED) is 0.823. The summed E-state index contributed by atoms with van der Waals surface area (Å²) in [5.41, 5.74) is 1.36. The molecule has 1 saturated heterocycles. The number of alkyl halides is 1. The van der Waals surface area contributed by atoms with Crippen LogP contribution in [-0.4, -0.2) is 34.9 Å². The van der Waals surface area contributed by atoms with Crippen molar-refractivity contribution in [2.45, 2.75) is 13.3 Å². The highest BCUT2D eigenvalue weighted by atomic mass is 35.5. The fourth-order valence-corrected chi connectivity index (χ4v) is 2.37. The van der Waals surface area contributed by atoms with Gasteiger partial charge in [-0.3, -0.25) is 4.79 Å². The standard InChI is InChI=1S/C13H16ClNO2/c1-9-6-11(2-3-12(9)16)13(17)15-5-4-10(7-14)8-15/h2-3,6,10,16H,4-5,7-8H2,1H3. The molecule has 4 heteroatoms. The molecule has 0 bridgehead atoms. The molecule has 1 atom stereocenters. The molecular weight excluding hydrogens is 238 g/mol. The molecular formula is C13H16ClNO2. The van der Waals surface area contributed by atoms with Crippen LogP contribution < -0.4 is 0 Å². The lowest BCUT2D eigenvalue weighted by molar-refractivity contribution is 0.0788. The number of benzene rings is 1. The summed E-state index contributed by atoms with van der Waals surface area (Å²) in [6.45, 7) is 3.30. The maximum absolute atomic E-state index is 12.2. The van der Waals surface area contributed by atoms with Crippen molar-refractivity contribution in [1.29, 1.82) is 0 Å². The number of aromatic hydroxyl groups is 1. The molecule has 0 radical (unpaired) electrons. The first kappa shape index (κ1) is 12.2. The summed E-state index contributed by atoms with van der Waals surface area (Å²) in [4.78, 5) is 14.0. The van der Waals surface area contributed by atoms with E-state index in [0.29, 0.717) is 17.4 Å². The zero-order valence-corrected chi connectivity index (χ0v) is 10.6. The second kappa shape index (κ2) is 4.96. The van der Waals surface area contributed by atoms with Crippen LogP contribution in [0.25, 0.3) is 0 Å². The number of likely N-dealkylation sites (tertiary alicyclic amines) is 1. The second-order valence-electron chi connectivity index (χ2n) is 4.56. The number of hydrogen-bond donors (Lipinski definition) is 1. The topological polar surface area (TPSA) is 40.5 Å². The van der Waals surface area contributed by atoms with Gasteiger partial charge in [-0.2, -0.15) is 0 Å². The number of nitrogens with zero attached hydrogens (tertiary/aromatic N) is 1. The van der Waals surface area contributed by atoms with Gasteiger partial charge in [0, 0.05) is 24.5 Å². The summed E-state index contributed by atoms with van der Waals surface area (Å²) in [5, 5.41) is 9.43. The smallest absolute Gasteiger partial charge is 0.253 e. The van der Waals surface area contributed by atoms with Gasteiger partial charge in [-0.25, -0.2) is 0 Å². The molecule has 0 aromatic heterocycles. The van der Waals surface area contributed by atoms with Crippen molar-refractivity contribution in [2.24, 2.45) is 5.92 Å². The minimum absolute atomic E-state index is 0.0284. The molecule has 2 rings (SSSR count). The maximum atomic E-state index is 12.2. The Kier molecular flexibility index (Phi) is 3.57. The lowest BCUT2D eigenvalue weighted by Crippen LogP contribution is -2.28. The van der Waals surface area contributed by atoms with E-state index in [9.17, 15) is 9.90 Å². The summed E-state index contributed by atoms with van der Waals surface area (Å²) in [6, 6.07) is 4.96. The SMILES string of the molecule is Cc1cc(C(=O)N2CCC(CCl)C2)ccc1O. The number of halogens is 1. The summed E-state index contributed by atoms with van der Waals surface area (Å²) in [6.07, 6.45) is 0.978. The highest BCUT2D eigenvalue weighted by molar-refractivity contribution is 6.18. The minimum atomic E-state index is 0.0284. The van der Waals surface area contributed by atoms with Crippen LogP contribution in [0.4, 0.5) is 0 Å². The summed E-state index contributed by atoms with van der Waals surface area (Å²) < 4.78 is 0. The normalized spacial score (nSPS) is 19.6. The van der Waals surface area contributed by atoms with E-state index in [1.807, 2.05) is 4.90 Å². The van der Waals surface area contributed by atoms with E-state index in [1.54, 1.807) is 25.1 Å². The number of aryl methyl sites for hydroxylation is 1. The van der Waals surface area contributed by atoms with Gasteiger partial charge < -0.3 is 10.0 Å². The van der Waals surface area contributed by atoms with Gasteiger partial charge in [0.2, 0.25) is 0 Å². The van der Waals surface area contributed by atoms with Gasteiger partial charge in [-0.05, 0) is 43.0 Å². The monoisotopic (exact) mass is 253 g/mol. The van der Waals surface area contributed by atoms with Gasteiger partial charge in [0.25, 0.3) is 5.91 Å². The van der Waals surface area contributed by atoms with Crippen LogP contribution in [0, 0.1) is 12.8 Å². The molecule has 92 valence electrons. The molecule has 1 amide bonds. The van der Waals surface area contributed by atoms with Crippen LogP contribution in [-0.2, 0) is 0 Å². The maximum Gasteiger partial charge on any atom is 0.253 e. The number of hydrogen-bond acceptors (Lipinski definition) is 2. The fraction of sp³-hybridized carbons (Fsp3) is 0.462. The van der Waals surface area contributed by atoms with Crippen LogP contribution >= 0.6 is 11.6 Å². The van der Waals surface area contributed by atoms with E-state index in [0.717, 1.165) is 25.1 Å². The first-order valence-corrected chi connectivity index (χ1v) is 6.30. The van der Waals surface area contributed by atoms with Gasteiger partial charge in [0.05, 0.1) is 0 Å². The number of amides is 1. The Hall–Kier alpha value is -1.22. The molecule has 17 heavy (non-hydrogen) atoms. The third-order valence-electron chi connectivity index (χ3n) is 3.24. The lowest BCUT2D eigenvalue weighted by Gasteiger charge is -2.16. The molecule has 0 saturated carbocycles. The largest absolute Gasteiger partial charge is 0.508 e. The highest BCUT2D eigenvalue weighted by Crippen LogP contribution is 2.22. The van der Waals surface area contributed by atoms with Crippen LogP contribution in [0.5, 0.6) is 5.75 Å². The molecule has 1 aliphatic rings. The van der Waals surface area contributed by atoms with E-state index >= 15 is 0 Å². The predicted molar refractivity (Wildman–Crippen MR) is 67.6 cm³/mol. The Morgan fingerprint density at radius 3 is 2.94 bits per heavy atom. The van der Waals surface area contributed by atoms with Gasteiger partial charge in [-0.15, -0.1) is 11.6 Å². The molecule has 1 aromatic carbocycles. The molecule has 1 aliphatic heterocycles. The van der Waals surface area contributed by atoms with Gasteiger partial charge in [0.15, 0.2) is 0 Å². The zero-order valence-electron chi connectivity index (χ0n) is 9.82. The third kappa shape index (κ3) is 2.55. The molecule has 1 N–H and O–H groups in total. The van der Waals surface area contributed by atoms with Crippen LogP contribution in [0.3, 0.4) is 0 Å². The van der Waals surface area contributed by atoms with Crippen molar-refractivity contribution in [3.63, 3.8) is 0 Å². The van der Waals surface area contributed by atoms with E-state index in [1.165, 1.54) is 0 Å². The molecule has 1 unspecified atom stereocenters. The van der Waals surface area contributed by atoms with Crippen molar-refractivity contribution < 1.29 is 9.90 Å². The number of phenolic OH excluding ortho intramolecular Hbond substituents is 1. The number of phenols is 1. The second-order valence-corrected chi connectivity index (χ2v) is 4.87. The molecule has 1 aromatic rings. The average molecular weight is 254 g/mol. The fourth-order valence-electron chi connectivity index (χ4n) is 2.11. The zero-order chi connectivity index (χ0) is 12.4. The highest BCUT2D eigenvalue weighted by Gasteiger charge is 2.26. The van der Waals surface area contributed by atoms with Gasteiger partial charge >= 0.3 is 0 Å². The van der Waals surface area contributed by atoms with Gasteiger partial charge in [0.1, 0.15) is 5.75 Å². The van der Waals surface area contributed by atoms with E-state index in [2.05, 4.69) is 0 Å². The number of carbonyl (C=O) groups excluding carboxylic acids is 1. The van der Waals surface area contributed by atoms with Gasteiger partial charge in [-0.1, -0.05) is 0 Å². The Morgan fingerprint density at radius 1 is 1.59 bits per heavy atom. The average Bonchev–Trinajstić information content (AvgIpc) is 2.80. The molecule has 1 heterocycles. The Bertz CT molecular complexity index is 433.